The average molecular weight is 407 g/mol. The van der Waals surface area contributed by atoms with Gasteiger partial charge in [0.05, 0.1) is 10.6 Å². The predicted octanol–water partition coefficient (Wildman–Crippen LogP) is 4.31. The van der Waals surface area contributed by atoms with Gasteiger partial charge < -0.3 is 5.32 Å². The number of aryl methyl sites for hydroxylation is 2. The summed E-state index contributed by atoms with van der Waals surface area (Å²) in [5.74, 6) is -0.207. The fraction of sp³-hybridized carbons (Fsp3) is 0.174. The number of rotatable bonds is 4. The highest BCUT2D eigenvalue weighted by molar-refractivity contribution is 7.92. The standard InChI is InChI=1S/C23H22N2O3S/c1-16-7-10-20(11-8-16)29(27,28)25-14-13-18-15-19(9-12-22(18)25)23(26)24-21-6-4-3-5-17(21)2/h3-12,15H,13-14H2,1-2H3,(H,24,26). The smallest absolute Gasteiger partial charge is 0.264 e. The summed E-state index contributed by atoms with van der Waals surface area (Å²) < 4.78 is 27.5. The summed E-state index contributed by atoms with van der Waals surface area (Å²) in [5.41, 5.74) is 4.77. The molecule has 29 heavy (non-hydrogen) atoms. The largest absolute Gasteiger partial charge is 0.322 e. The van der Waals surface area contributed by atoms with Gasteiger partial charge in [0.25, 0.3) is 15.9 Å². The number of benzene rings is 3. The minimum Gasteiger partial charge on any atom is -0.322 e. The Labute approximate surface area is 171 Å². The minimum atomic E-state index is -3.62. The average Bonchev–Trinajstić information content (AvgIpc) is 3.14. The molecular weight excluding hydrogens is 384 g/mol. The first-order valence-electron chi connectivity index (χ1n) is 9.45. The Kier molecular flexibility index (Phi) is 4.88. The van der Waals surface area contributed by atoms with E-state index in [0.717, 1.165) is 22.4 Å². The van der Waals surface area contributed by atoms with E-state index in [0.29, 0.717) is 24.2 Å². The summed E-state index contributed by atoms with van der Waals surface area (Å²) in [6.07, 6.45) is 0.575. The SMILES string of the molecule is Cc1ccc(S(=O)(=O)N2CCc3cc(C(=O)Nc4ccccc4C)ccc32)cc1. The second-order valence-corrected chi connectivity index (χ2v) is 9.12. The van der Waals surface area contributed by atoms with E-state index in [4.69, 9.17) is 0 Å². The minimum absolute atomic E-state index is 0.207. The van der Waals surface area contributed by atoms with Crippen LogP contribution in [-0.4, -0.2) is 20.9 Å². The van der Waals surface area contributed by atoms with Crippen LogP contribution in [0.15, 0.2) is 71.6 Å². The highest BCUT2D eigenvalue weighted by atomic mass is 32.2. The molecule has 148 valence electrons. The highest BCUT2D eigenvalue weighted by Crippen LogP contribution is 2.34. The van der Waals surface area contributed by atoms with Gasteiger partial charge in [0.1, 0.15) is 0 Å². The molecule has 4 rings (SSSR count). The third-order valence-electron chi connectivity index (χ3n) is 5.20. The molecule has 1 heterocycles. The molecule has 1 aliphatic rings. The second-order valence-electron chi connectivity index (χ2n) is 7.25. The van der Waals surface area contributed by atoms with E-state index in [2.05, 4.69) is 5.32 Å². The lowest BCUT2D eigenvalue weighted by molar-refractivity contribution is 0.102. The summed E-state index contributed by atoms with van der Waals surface area (Å²) in [6.45, 7) is 4.23. The van der Waals surface area contributed by atoms with Crippen LogP contribution in [0, 0.1) is 13.8 Å². The number of sulfonamides is 1. The Morgan fingerprint density at radius 2 is 1.69 bits per heavy atom. The van der Waals surface area contributed by atoms with Crippen LogP contribution in [0.3, 0.4) is 0 Å². The summed E-state index contributed by atoms with van der Waals surface area (Å²) in [7, 11) is -3.62. The Hall–Kier alpha value is -3.12. The van der Waals surface area contributed by atoms with Crippen molar-refractivity contribution >= 4 is 27.3 Å². The molecule has 0 aromatic heterocycles. The molecule has 1 aliphatic heterocycles. The summed E-state index contributed by atoms with van der Waals surface area (Å²) >= 11 is 0. The van der Waals surface area contributed by atoms with Crippen LogP contribution < -0.4 is 9.62 Å². The zero-order valence-corrected chi connectivity index (χ0v) is 17.2. The van der Waals surface area contributed by atoms with Crippen molar-refractivity contribution in [2.75, 3.05) is 16.2 Å². The van der Waals surface area contributed by atoms with Crippen LogP contribution in [0.2, 0.25) is 0 Å². The van der Waals surface area contributed by atoms with Gasteiger partial charge in [-0.1, -0.05) is 35.9 Å². The van der Waals surface area contributed by atoms with Gasteiger partial charge in [0, 0.05) is 17.8 Å². The van der Waals surface area contributed by atoms with Crippen molar-refractivity contribution < 1.29 is 13.2 Å². The first-order valence-corrected chi connectivity index (χ1v) is 10.9. The van der Waals surface area contributed by atoms with Crippen molar-refractivity contribution in [3.63, 3.8) is 0 Å². The maximum Gasteiger partial charge on any atom is 0.264 e. The maximum atomic E-state index is 13.1. The van der Waals surface area contributed by atoms with Gasteiger partial charge in [0.15, 0.2) is 0 Å². The molecule has 1 N–H and O–H groups in total. The van der Waals surface area contributed by atoms with E-state index in [1.807, 2.05) is 38.1 Å². The van der Waals surface area contributed by atoms with Gasteiger partial charge in [-0.3, -0.25) is 9.10 Å². The molecule has 0 atom stereocenters. The Balaban J connectivity index is 1.60. The van der Waals surface area contributed by atoms with E-state index in [1.165, 1.54) is 4.31 Å². The van der Waals surface area contributed by atoms with E-state index in [9.17, 15) is 13.2 Å². The lowest BCUT2D eigenvalue weighted by Crippen LogP contribution is -2.29. The third kappa shape index (κ3) is 3.63. The Morgan fingerprint density at radius 3 is 2.41 bits per heavy atom. The predicted molar refractivity (Wildman–Crippen MR) is 115 cm³/mol. The van der Waals surface area contributed by atoms with E-state index < -0.39 is 10.0 Å². The zero-order chi connectivity index (χ0) is 20.6. The summed E-state index contributed by atoms with van der Waals surface area (Å²) in [5, 5.41) is 2.92. The number of hydrogen-bond donors (Lipinski definition) is 1. The molecule has 3 aromatic carbocycles. The van der Waals surface area contributed by atoms with Crippen molar-refractivity contribution in [3.05, 3.63) is 89.0 Å². The topological polar surface area (TPSA) is 66.5 Å². The normalized spacial score (nSPS) is 13.2. The Bertz CT molecular complexity index is 1180. The van der Waals surface area contributed by atoms with Crippen molar-refractivity contribution in [1.29, 1.82) is 0 Å². The molecule has 0 radical (unpaired) electrons. The van der Waals surface area contributed by atoms with Crippen LogP contribution in [0.5, 0.6) is 0 Å². The number of nitrogens with zero attached hydrogens (tertiary/aromatic N) is 1. The number of carbonyl (C=O) groups is 1. The zero-order valence-electron chi connectivity index (χ0n) is 16.3. The number of fused-ring (bicyclic) bond motifs is 1. The molecule has 6 heteroatoms. The van der Waals surface area contributed by atoms with Gasteiger partial charge >= 0.3 is 0 Å². The van der Waals surface area contributed by atoms with Crippen LogP contribution in [0.4, 0.5) is 11.4 Å². The van der Waals surface area contributed by atoms with E-state index in [1.54, 1.807) is 42.5 Å². The number of anilines is 2. The van der Waals surface area contributed by atoms with Crippen molar-refractivity contribution in [1.82, 2.24) is 0 Å². The van der Waals surface area contributed by atoms with Crippen molar-refractivity contribution in [3.8, 4) is 0 Å². The first kappa shape index (κ1) is 19.2. The van der Waals surface area contributed by atoms with Crippen LogP contribution in [0.25, 0.3) is 0 Å². The first-order chi connectivity index (χ1) is 13.9. The van der Waals surface area contributed by atoms with Gasteiger partial charge in [-0.15, -0.1) is 0 Å². The van der Waals surface area contributed by atoms with Crippen LogP contribution in [-0.2, 0) is 16.4 Å². The molecule has 5 nitrogen and oxygen atoms in total. The molecule has 0 unspecified atom stereocenters. The van der Waals surface area contributed by atoms with Crippen molar-refractivity contribution in [2.45, 2.75) is 25.2 Å². The van der Waals surface area contributed by atoms with Gasteiger partial charge in [-0.05, 0) is 67.8 Å². The van der Waals surface area contributed by atoms with Crippen molar-refractivity contribution in [2.24, 2.45) is 0 Å². The van der Waals surface area contributed by atoms with E-state index in [-0.39, 0.29) is 10.8 Å². The number of hydrogen-bond acceptors (Lipinski definition) is 3. The molecule has 0 saturated heterocycles. The fourth-order valence-corrected chi connectivity index (χ4v) is 5.01. The molecule has 0 fully saturated rings. The second kappa shape index (κ2) is 7.37. The monoisotopic (exact) mass is 406 g/mol. The lowest BCUT2D eigenvalue weighted by atomic mass is 10.1. The number of carbonyl (C=O) groups excluding carboxylic acids is 1. The fourth-order valence-electron chi connectivity index (χ4n) is 3.51. The quantitative estimate of drug-likeness (QED) is 0.702. The molecule has 0 saturated carbocycles. The number of nitrogens with one attached hydrogen (secondary N) is 1. The molecular formula is C23H22N2O3S. The molecule has 0 spiro atoms. The van der Waals surface area contributed by atoms with Gasteiger partial charge in [-0.25, -0.2) is 8.42 Å². The van der Waals surface area contributed by atoms with Crippen LogP contribution >= 0.6 is 0 Å². The molecule has 3 aromatic rings. The van der Waals surface area contributed by atoms with E-state index >= 15 is 0 Å². The lowest BCUT2D eigenvalue weighted by Gasteiger charge is -2.20. The van der Waals surface area contributed by atoms with Crippen LogP contribution in [0.1, 0.15) is 27.0 Å². The molecule has 0 aliphatic carbocycles. The molecule has 1 amide bonds. The number of amides is 1. The Morgan fingerprint density at radius 1 is 0.966 bits per heavy atom. The maximum absolute atomic E-state index is 13.1. The molecule has 0 bridgehead atoms. The summed E-state index contributed by atoms with van der Waals surface area (Å²) in [6, 6.07) is 19.6. The summed E-state index contributed by atoms with van der Waals surface area (Å²) in [4.78, 5) is 12.9. The third-order valence-corrected chi connectivity index (χ3v) is 7.02. The number of para-hydroxylation sites is 1. The van der Waals surface area contributed by atoms with Gasteiger partial charge in [0.2, 0.25) is 0 Å². The van der Waals surface area contributed by atoms with Gasteiger partial charge in [-0.2, -0.15) is 0 Å². The highest BCUT2D eigenvalue weighted by Gasteiger charge is 2.31.